The molecular weight excluding hydrogens is 221 g/mol. The first kappa shape index (κ1) is 12.0. The summed E-state index contributed by atoms with van der Waals surface area (Å²) in [5.41, 5.74) is 1.99. The van der Waals surface area contributed by atoms with Crippen molar-refractivity contribution >= 4 is 5.97 Å². The Bertz CT molecular complexity index is 433. The number of hydrogen-bond donors (Lipinski definition) is 1. The van der Waals surface area contributed by atoms with Gasteiger partial charge in [-0.05, 0) is 43.1 Å². The smallest absolute Gasteiger partial charge is 0.307 e. The lowest BCUT2D eigenvalue weighted by atomic mass is 10.1. The predicted octanol–water partition coefficient (Wildman–Crippen LogP) is 2.04. The van der Waals surface area contributed by atoms with Crippen LogP contribution >= 0.6 is 0 Å². The molecule has 1 fully saturated rings. The molecule has 1 aromatic rings. The van der Waals surface area contributed by atoms with E-state index >= 15 is 0 Å². The molecule has 1 saturated heterocycles. The van der Waals surface area contributed by atoms with Crippen molar-refractivity contribution in [1.82, 2.24) is 4.90 Å². The highest BCUT2D eigenvalue weighted by Crippen LogP contribution is 2.20. The largest absolute Gasteiger partial charge is 0.481 e. The molecule has 1 heterocycles. The lowest BCUT2D eigenvalue weighted by Gasteiger charge is -2.16. The van der Waals surface area contributed by atoms with Gasteiger partial charge in [-0.15, -0.1) is 0 Å². The summed E-state index contributed by atoms with van der Waals surface area (Å²) >= 11 is 0. The molecule has 0 aromatic heterocycles. The molecule has 17 heavy (non-hydrogen) atoms. The third-order valence-corrected chi connectivity index (χ3v) is 3.33. The predicted molar refractivity (Wildman–Crippen MR) is 62.2 cm³/mol. The van der Waals surface area contributed by atoms with Crippen LogP contribution in [0, 0.1) is 18.7 Å². The van der Waals surface area contributed by atoms with Gasteiger partial charge in [0.15, 0.2) is 0 Å². The number of nitrogens with zero attached hydrogens (tertiary/aromatic N) is 1. The van der Waals surface area contributed by atoms with Crippen LogP contribution < -0.4 is 0 Å². The number of hydrogen-bond acceptors (Lipinski definition) is 2. The summed E-state index contributed by atoms with van der Waals surface area (Å²) in [6.45, 7) is 3.91. The number of benzene rings is 1. The number of aryl methyl sites for hydroxylation is 1. The summed E-state index contributed by atoms with van der Waals surface area (Å²) in [4.78, 5) is 12.9. The summed E-state index contributed by atoms with van der Waals surface area (Å²) in [7, 11) is 0. The molecule has 1 atom stereocenters. The number of carbonyl (C=O) groups is 1. The topological polar surface area (TPSA) is 40.5 Å². The van der Waals surface area contributed by atoms with Crippen molar-refractivity contribution in [3.05, 3.63) is 35.1 Å². The molecular formula is C13H16FNO2. The maximum atomic E-state index is 13.1. The zero-order valence-corrected chi connectivity index (χ0v) is 9.82. The molecule has 92 valence electrons. The van der Waals surface area contributed by atoms with E-state index in [2.05, 4.69) is 4.90 Å². The van der Waals surface area contributed by atoms with Crippen molar-refractivity contribution in [1.29, 1.82) is 0 Å². The molecule has 0 amide bonds. The Labute approximate surface area is 99.9 Å². The zero-order valence-electron chi connectivity index (χ0n) is 9.82. The number of halogens is 1. The number of likely N-dealkylation sites (tertiary alicyclic amines) is 1. The Morgan fingerprint density at radius 1 is 1.59 bits per heavy atom. The molecule has 1 unspecified atom stereocenters. The van der Waals surface area contributed by atoms with Gasteiger partial charge in [-0.3, -0.25) is 9.69 Å². The molecule has 0 saturated carbocycles. The molecule has 0 spiro atoms. The number of carboxylic acid groups (broad SMARTS) is 1. The summed E-state index contributed by atoms with van der Waals surface area (Å²) in [5, 5.41) is 8.91. The van der Waals surface area contributed by atoms with Crippen LogP contribution in [-0.4, -0.2) is 29.1 Å². The Hall–Kier alpha value is -1.42. The van der Waals surface area contributed by atoms with Gasteiger partial charge >= 0.3 is 5.97 Å². The molecule has 1 aliphatic heterocycles. The summed E-state index contributed by atoms with van der Waals surface area (Å²) < 4.78 is 13.1. The average molecular weight is 237 g/mol. The Morgan fingerprint density at radius 2 is 2.35 bits per heavy atom. The van der Waals surface area contributed by atoms with E-state index in [0.717, 1.165) is 17.7 Å². The van der Waals surface area contributed by atoms with Gasteiger partial charge < -0.3 is 5.11 Å². The Morgan fingerprint density at radius 3 is 3.00 bits per heavy atom. The highest BCUT2D eigenvalue weighted by Gasteiger charge is 2.27. The van der Waals surface area contributed by atoms with Crippen LogP contribution in [0.15, 0.2) is 18.2 Å². The maximum absolute atomic E-state index is 13.1. The minimum Gasteiger partial charge on any atom is -0.481 e. The monoisotopic (exact) mass is 237 g/mol. The minimum atomic E-state index is -0.733. The van der Waals surface area contributed by atoms with Crippen LogP contribution in [-0.2, 0) is 11.3 Å². The second-order valence-corrected chi connectivity index (χ2v) is 4.63. The minimum absolute atomic E-state index is 0.236. The van der Waals surface area contributed by atoms with E-state index in [1.165, 1.54) is 12.1 Å². The fraction of sp³-hybridized carbons (Fsp3) is 0.462. The lowest BCUT2D eigenvalue weighted by Crippen LogP contribution is -2.23. The fourth-order valence-corrected chi connectivity index (χ4v) is 2.23. The second kappa shape index (κ2) is 4.84. The zero-order chi connectivity index (χ0) is 12.4. The van der Waals surface area contributed by atoms with Gasteiger partial charge in [0.25, 0.3) is 0 Å². The normalized spacial score (nSPS) is 20.7. The van der Waals surface area contributed by atoms with E-state index in [-0.39, 0.29) is 11.7 Å². The standard InChI is InChI=1S/C13H16FNO2/c1-9-2-3-12(14)6-11(9)8-15-5-4-10(7-15)13(16)17/h2-3,6,10H,4-5,7-8H2,1H3,(H,16,17). The lowest BCUT2D eigenvalue weighted by molar-refractivity contribution is -0.141. The van der Waals surface area contributed by atoms with Crippen molar-refractivity contribution in [2.24, 2.45) is 5.92 Å². The van der Waals surface area contributed by atoms with E-state index in [1.54, 1.807) is 6.07 Å². The molecule has 1 aliphatic rings. The van der Waals surface area contributed by atoms with E-state index in [4.69, 9.17) is 5.11 Å². The van der Waals surface area contributed by atoms with E-state index in [1.807, 2.05) is 6.92 Å². The molecule has 1 N–H and O–H groups in total. The fourth-order valence-electron chi connectivity index (χ4n) is 2.23. The highest BCUT2D eigenvalue weighted by molar-refractivity contribution is 5.70. The van der Waals surface area contributed by atoms with Crippen LogP contribution in [0.3, 0.4) is 0 Å². The third kappa shape index (κ3) is 2.82. The molecule has 0 bridgehead atoms. The Kier molecular flexibility index (Phi) is 3.43. The van der Waals surface area contributed by atoms with E-state index in [0.29, 0.717) is 19.5 Å². The van der Waals surface area contributed by atoms with E-state index < -0.39 is 5.97 Å². The van der Waals surface area contributed by atoms with Crippen molar-refractivity contribution in [3.63, 3.8) is 0 Å². The summed E-state index contributed by atoms with van der Waals surface area (Å²) in [6.07, 6.45) is 0.684. The second-order valence-electron chi connectivity index (χ2n) is 4.63. The number of rotatable bonds is 3. The summed E-state index contributed by atoms with van der Waals surface area (Å²) in [5.74, 6) is -1.24. The van der Waals surface area contributed by atoms with Crippen LogP contribution in [0.2, 0.25) is 0 Å². The van der Waals surface area contributed by atoms with Crippen LogP contribution in [0.25, 0.3) is 0 Å². The van der Waals surface area contributed by atoms with Gasteiger partial charge in [-0.2, -0.15) is 0 Å². The molecule has 0 radical (unpaired) electrons. The molecule has 4 heteroatoms. The van der Waals surface area contributed by atoms with Gasteiger partial charge in [0.1, 0.15) is 5.82 Å². The van der Waals surface area contributed by atoms with Gasteiger partial charge in [0.05, 0.1) is 5.92 Å². The van der Waals surface area contributed by atoms with Crippen LogP contribution in [0.1, 0.15) is 17.5 Å². The van der Waals surface area contributed by atoms with Gasteiger partial charge in [-0.25, -0.2) is 4.39 Å². The van der Waals surface area contributed by atoms with Crippen molar-refractivity contribution < 1.29 is 14.3 Å². The maximum Gasteiger partial charge on any atom is 0.307 e. The average Bonchev–Trinajstić information content (AvgIpc) is 2.72. The first-order valence-corrected chi connectivity index (χ1v) is 5.76. The highest BCUT2D eigenvalue weighted by atomic mass is 19.1. The SMILES string of the molecule is Cc1ccc(F)cc1CN1CCC(C(=O)O)C1. The molecule has 1 aromatic carbocycles. The van der Waals surface area contributed by atoms with Crippen molar-refractivity contribution in [3.8, 4) is 0 Å². The van der Waals surface area contributed by atoms with Crippen molar-refractivity contribution in [2.75, 3.05) is 13.1 Å². The number of aliphatic carboxylic acids is 1. The third-order valence-electron chi connectivity index (χ3n) is 3.33. The van der Waals surface area contributed by atoms with Crippen molar-refractivity contribution in [2.45, 2.75) is 19.9 Å². The van der Waals surface area contributed by atoms with Gasteiger partial charge in [0.2, 0.25) is 0 Å². The molecule has 0 aliphatic carbocycles. The quantitative estimate of drug-likeness (QED) is 0.874. The Balaban J connectivity index is 2.02. The van der Waals surface area contributed by atoms with Gasteiger partial charge in [-0.1, -0.05) is 6.07 Å². The number of carboxylic acids is 1. The first-order chi connectivity index (χ1) is 8.06. The molecule has 3 nitrogen and oxygen atoms in total. The van der Waals surface area contributed by atoms with Crippen LogP contribution in [0.4, 0.5) is 4.39 Å². The summed E-state index contributed by atoms with van der Waals surface area (Å²) in [6, 6.07) is 4.74. The first-order valence-electron chi connectivity index (χ1n) is 5.76. The van der Waals surface area contributed by atoms with E-state index in [9.17, 15) is 9.18 Å². The van der Waals surface area contributed by atoms with Gasteiger partial charge in [0, 0.05) is 13.1 Å². The molecule has 2 rings (SSSR count). The van der Waals surface area contributed by atoms with Crippen LogP contribution in [0.5, 0.6) is 0 Å².